The number of nitrogens with two attached hydrogens (primary N) is 1. The summed E-state index contributed by atoms with van der Waals surface area (Å²) in [7, 11) is 0. The number of nitrogen functional groups attached to an aromatic ring is 1. The number of hydrogen-bond acceptors (Lipinski definition) is 15. The van der Waals surface area contributed by atoms with E-state index < -0.39 is 46.5 Å². The topological polar surface area (TPSA) is 223 Å². The maximum absolute atomic E-state index is 13.3. The standard InChI is InChI=1S/C20H20N8O7S4/c21-18-24-12(27-39-18)9(26-35-20(17(33)34)3-1-2-4-20)13(29)23-10-14(30)28-11(16(31)32)8(5-36-15(10)28)6-37-19-25-22-7-38-19/h7,10,15H,1-6H2,(H,23,29)(H,31,32)(H,33,34)(H2,21,24,27)/t10?,15-/m1/s1. The molecule has 15 nitrogen and oxygen atoms in total. The van der Waals surface area contributed by atoms with Crippen molar-refractivity contribution in [3.8, 4) is 0 Å². The van der Waals surface area contributed by atoms with Crippen LogP contribution in [0.1, 0.15) is 31.5 Å². The van der Waals surface area contributed by atoms with E-state index in [0.29, 0.717) is 34.3 Å². The summed E-state index contributed by atoms with van der Waals surface area (Å²) >= 11 is 4.76. The number of nitrogens with zero attached hydrogens (tertiary/aromatic N) is 6. The number of carboxylic acids is 2. The van der Waals surface area contributed by atoms with Gasteiger partial charge in [0.05, 0.1) is 0 Å². The number of rotatable bonds is 10. The minimum atomic E-state index is -1.58. The zero-order chi connectivity index (χ0) is 27.7. The summed E-state index contributed by atoms with van der Waals surface area (Å²) in [6.07, 6.45) is 1.67. The van der Waals surface area contributed by atoms with Crippen LogP contribution in [0.15, 0.2) is 26.3 Å². The first kappa shape index (κ1) is 27.3. The van der Waals surface area contributed by atoms with Gasteiger partial charge in [-0.15, -0.1) is 22.0 Å². The molecule has 0 bridgehead atoms. The monoisotopic (exact) mass is 612 g/mol. The van der Waals surface area contributed by atoms with E-state index in [1.165, 1.54) is 34.9 Å². The highest BCUT2D eigenvalue weighted by atomic mass is 32.2. The molecule has 1 saturated carbocycles. The van der Waals surface area contributed by atoms with Crippen molar-refractivity contribution in [2.24, 2.45) is 5.16 Å². The Bertz CT molecular complexity index is 1370. The first-order valence-corrected chi connectivity index (χ1v) is 15.1. The Labute approximate surface area is 236 Å². The van der Waals surface area contributed by atoms with Crippen molar-refractivity contribution in [3.05, 3.63) is 22.6 Å². The molecule has 2 fully saturated rings. The number of carboxylic acid groups (broad SMARTS) is 2. The molecular formula is C20H20N8O7S4. The van der Waals surface area contributed by atoms with Gasteiger partial charge in [0.15, 0.2) is 9.47 Å². The van der Waals surface area contributed by atoms with Crippen molar-refractivity contribution in [1.82, 2.24) is 29.8 Å². The average Bonchev–Trinajstić information content (AvgIpc) is 3.68. The lowest BCUT2D eigenvalue weighted by atomic mass is 10.0. The van der Waals surface area contributed by atoms with Gasteiger partial charge >= 0.3 is 11.9 Å². The smallest absolute Gasteiger partial charge is 0.352 e. The van der Waals surface area contributed by atoms with Gasteiger partial charge in [-0.25, -0.2) is 9.59 Å². The minimum Gasteiger partial charge on any atom is -0.478 e. The second-order valence-electron chi connectivity index (χ2n) is 8.61. The number of amides is 2. The molecule has 1 aliphatic carbocycles. The van der Waals surface area contributed by atoms with Crippen LogP contribution in [0.4, 0.5) is 5.13 Å². The van der Waals surface area contributed by atoms with Crippen LogP contribution in [0.3, 0.4) is 0 Å². The maximum Gasteiger partial charge on any atom is 0.352 e. The molecule has 2 atom stereocenters. The van der Waals surface area contributed by atoms with Gasteiger partial charge in [0.25, 0.3) is 11.8 Å². The van der Waals surface area contributed by atoms with E-state index in [1.54, 1.807) is 5.51 Å². The summed E-state index contributed by atoms with van der Waals surface area (Å²) in [5.41, 5.74) is 5.63. The number of β-lactam (4-membered cyclic amide) rings is 1. The lowest BCUT2D eigenvalue weighted by molar-refractivity contribution is -0.165. The van der Waals surface area contributed by atoms with E-state index in [2.05, 4.69) is 30.0 Å². The molecule has 5 N–H and O–H groups in total. The van der Waals surface area contributed by atoms with Crippen LogP contribution in [-0.4, -0.2) is 92.7 Å². The summed E-state index contributed by atoms with van der Waals surface area (Å²) in [4.78, 5) is 60.8. The lowest BCUT2D eigenvalue weighted by Gasteiger charge is -2.49. The highest BCUT2D eigenvalue weighted by Crippen LogP contribution is 2.42. The average molecular weight is 613 g/mol. The Hall–Kier alpha value is -3.29. The van der Waals surface area contributed by atoms with Gasteiger partial charge in [0, 0.05) is 35.9 Å². The third kappa shape index (κ3) is 5.30. The van der Waals surface area contributed by atoms with Crippen LogP contribution in [-0.2, 0) is 24.0 Å². The van der Waals surface area contributed by atoms with E-state index in [9.17, 15) is 29.4 Å². The van der Waals surface area contributed by atoms with E-state index in [0.717, 1.165) is 16.4 Å². The number of aliphatic carboxylic acids is 2. The third-order valence-corrected chi connectivity index (χ3v) is 10.1. The van der Waals surface area contributed by atoms with Crippen LogP contribution in [0, 0.1) is 0 Å². The summed E-state index contributed by atoms with van der Waals surface area (Å²) in [6, 6.07) is -1.06. The SMILES string of the molecule is Nc1nc(C(=NOC2(C(=O)O)CCCC2)C(=O)NC2C(=O)N3C(C(=O)O)=C(CSc4nncs4)CS[C@H]23)ns1. The lowest BCUT2D eigenvalue weighted by Crippen LogP contribution is -2.71. The first-order chi connectivity index (χ1) is 18.7. The Morgan fingerprint density at radius 2 is 2.08 bits per heavy atom. The van der Waals surface area contributed by atoms with Gasteiger partial charge in [-0.1, -0.05) is 28.3 Å². The summed E-state index contributed by atoms with van der Waals surface area (Å²) < 4.78 is 4.65. The number of carbonyl (C=O) groups is 4. The van der Waals surface area contributed by atoms with E-state index >= 15 is 0 Å². The first-order valence-electron chi connectivity index (χ1n) is 11.4. The molecule has 5 rings (SSSR count). The van der Waals surface area contributed by atoms with E-state index in [1.807, 2.05) is 0 Å². The second-order valence-corrected chi connectivity index (χ2v) is 12.5. The van der Waals surface area contributed by atoms with Gasteiger partial charge in [-0.3, -0.25) is 14.5 Å². The molecule has 206 valence electrons. The number of carbonyl (C=O) groups excluding carboxylic acids is 2. The van der Waals surface area contributed by atoms with Crippen molar-refractivity contribution in [3.63, 3.8) is 0 Å². The molecule has 2 aromatic heterocycles. The number of thioether (sulfide) groups is 2. The van der Waals surface area contributed by atoms with E-state index in [-0.39, 0.29) is 29.5 Å². The van der Waals surface area contributed by atoms with Gasteiger partial charge < -0.3 is 26.1 Å². The molecule has 0 spiro atoms. The summed E-state index contributed by atoms with van der Waals surface area (Å²) in [5.74, 6) is -3.50. The quantitative estimate of drug-likeness (QED) is 0.125. The number of aromatic nitrogens is 4. The predicted octanol–water partition coefficient (Wildman–Crippen LogP) is 0.621. The molecule has 0 radical (unpaired) electrons. The highest BCUT2D eigenvalue weighted by Gasteiger charge is 2.54. The fraction of sp³-hybridized carbons (Fsp3) is 0.450. The van der Waals surface area contributed by atoms with Gasteiger partial charge in [-0.2, -0.15) is 9.36 Å². The molecule has 4 heterocycles. The second kappa shape index (κ2) is 11.1. The molecule has 39 heavy (non-hydrogen) atoms. The zero-order valence-corrected chi connectivity index (χ0v) is 23.1. The number of fused-ring (bicyclic) bond motifs is 1. The van der Waals surface area contributed by atoms with Gasteiger partial charge in [0.2, 0.25) is 17.1 Å². The summed E-state index contributed by atoms with van der Waals surface area (Å²) in [6.45, 7) is 0. The molecule has 1 unspecified atom stereocenters. The molecular weight excluding hydrogens is 593 g/mol. The normalized spacial score (nSPS) is 22.3. The molecule has 0 aromatic carbocycles. The number of oxime groups is 1. The van der Waals surface area contributed by atoms with Crippen molar-refractivity contribution in [2.45, 2.75) is 47.0 Å². The highest BCUT2D eigenvalue weighted by molar-refractivity contribution is 8.01. The number of anilines is 1. The minimum absolute atomic E-state index is 0.0446. The van der Waals surface area contributed by atoms with Crippen molar-refractivity contribution >= 4 is 81.0 Å². The summed E-state index contributed by atoms with van der Waals surface area (Å²) in [5, 5.41) is 33.0. The molecule has 2 amide bonds. The third-order valence-electron chi connectivity index (χ3n) is 6.23. The molecule has 1 saturated heterocycles. The maximum atomic E-state index is 13.3. The van der Waals surface area contributed by atoms with Crippen LogP contribution < -0.4 is 11.1 Å². The Morgan fingerprint density at radius 3 is 2.69 bits per heavy atom. The molecule has 19 heteroatoms. The van der Waals surface area contributed by atoms with E-state index in [4.69, 9.17) is 10.6 Å². The number of hydrogen-bond donors (Lipinski definition) is 4. The molecule has 3 aliphatic rings. The molecule has 2 aliphatic heterocycles. The fourth-order valence-corrected chi connectivity index (χ4v) is 7.73. The van der Waals surface area contributed by atoms with Gasteiger partial charge in [0.1, 0.15) is 22.6 Å². The Balaban J connectivity index is 1.34. The van der Waals surface area contributed by atoms with Crippen LogP contribution >= 0.6 is 46.4 Å². The fourth-order valence-electron chi connectivity index (χ4n) is 4.32. The zero-order valence-electron chi connectivity index (χ0n) is 19.8. The van der Waals surface area contributed by atoms with Crippen molar-refractivity contribution in [1.29, 1.82) is 0 Å². The van der Waals surface area contributed by atoms with Gasteiger partial charge in [-0.05, 0) is 18.4 Å². The van der Waals surface area contributed by atoms with Crippen LogP contribution in [0.25, 0.3) is 0 Å². The Kier molecular flexibility index (Phi) is 7.74. The predicted molar refractivity (Wildman–Crippen MR) is 141 cm³/mol. The van der Waals surface area contributed by atoms with Crippen LogP contribution in [0.2, 0.25) is 0 Å². The van der Waals surface area contributed by atoms with Crippen molar-refractivity contribution < 1.29 is 34.2 Å². The van der Waals surface area contributed by atoms with Crippen molar-refractivity contribution in [2.75, 3.05) is 17.2 Å². The largest absolute Gasteiger partial charge is 0.478 e. The Morgan fingerprint density at radius 1 is 1.31 bits per heavy atom. The number of nitrogens with one attached hydrogen (secondary N) is 1. The molecule has 2 aromatic rings. The van der Waals surface area contributed by atoms with Crippen LogP contribution in [0.5, 0.6) is 0 Å².